The molecule has 0 saturated carbocycles. The standard InChI is InChI=1S/C17H21N4.2C16H18N3O.C8H4F3N4.C6H5NO2.C5H12O2.3Ir/c1-13-12-18-17(14(2)19-13)15-5-4-6-16(11-15)21-9-7-20(3)8-10-21;2*1-12-11-17-16(13(2)18-12)14-4-3-5-15(10-14)19-6-8-20-9-7-19;9-8(10,11)7-13-6(14-15-7)5-3-1-2-4-12-5;8-6(9)5-3-1-2-4-7-5;1-4(6)3-5(2)7;;;/h4,6,11-12H,7-10H2,1-3H3;2*3,5,10-11H,6-9H2,1-2H3;1-4H;1-4H,(H,8,9);4-7H,3H2,1-2H3;;;/q4*-1;;;;;. The summed E-state index contributed by atoms with van der Waals surface area (Å²) < 4.78 is 47.2. The van der Waals surface area contributed by atoms with Gasteiger partial charge in [0.05, 0.1) is 61.4 Å². The normalized spacial score (nSPS) is 14.1. The van der Waals surface area contributed by atoms with Gasteiger partial charge in [0.2, 0.25) is 0 Å². The summed E-state index contributed by atoms with van der Waals surface area (Å²) in [4.78, 5) is 57.2. The third kappa shape index (κ3) is 26.0. The first-order valence-electron chi connectivity index (χ1n) is 30.0. The molecule has 3 aliphatic rings. The number of benzene rings is 3. The molecule has 3 radical (unpaired) electrons. The molecule has 2 atom stereocenters. The van der Waals surface area contributed by atoms with Crippen molar-refractivity contribution in [2.24, 2.45) is 0 Å². The molecule has 3 saturated heterocycles. The molecule has 21 nitrogen and oxygen atoms in total. The molecule has 95 heavy (non-hydrogen) atoms. The van der Waals surface area contributed by atoms with Crippen molar-refractivity contribution in [2.75, 3.05) is 101 Å². The second-order valence-corrected chi connectivity index (χ2v) is 21.8. The summed E-state index contributed by atoms with van der Waals surface area (Å²) in [5.74, 6) is -2.36. The van der Waals surface area contributed by atoms with Gasteiger partial charge in [0.25, 0.3) is 0 Å². The molecule has 3 N–H and O–H groups in total. The molecular weight excluding hydrogens is 1760 g/mol. The average molecular weight is 1840 g/mol. The Labute approximate surface area is 594 Å². The SMILES string of the molecule is CC(O)CC(C)O.Cc1cnc(-c2[c-]ccc(N3CCN(C)CC3)c2)c(C)n1.Cc1cnc(-c2[c-]ccc(N3CCOCC3)c2)c(C)n1.Cc1cnc(-c2[c-]ccc(N3CCOCC3)c2)c(C)n1.FC(F)(F)c1n[n-]c(-c2ccccn2)n1.O=C(O)c1ccccn1.[Ir].[Ir].[Ir]. The number of aliphatic hydroxyl groups is 2. The van der Waals surface area contributed by atoms with Crippen molar-refractivity contribution in [3.63, 3.8) is 0 Å². The zero-order chi connectivity index (χ0) is 66.2. The van der Waals surface area contributed by atoms with E-state index in [-0.39, 0.29) is 89.7 Å². The fraction of sp³-hybridized carbons (Fsp3) is 0.368. The van der Waals surface area contributed by atoms with Crippen molar-refractivity contribution >= 4 is 23.0 Å². The van der Waals surface area contributed by atoms with Gasteiger partial charge in [-0.25, -0.2) is 9.78 Å². The van der Waals surface area contributed by atoms with Gasteiger partial charge in [0, 0.05) is 178 Å². The zero-order valence-corrected chi connectivity index (χ0v) is 61.5. The van der Waals surface area contributed by atoms with E-state index in [0.717, 1.165) is 147 Å². The summed E-state index contributed by atoms with van der Waals surface area (Å²) >= 11 is 0. The van der Waals surface area contributed by atoms with Crippen molar-refractivity contribution in [3.8, 4) is 45.3 Å². The summed E-state index contributed by atoms with van der Waals surface area (Å²) in [6, 6.07) is 38.0. The smallest absolute Gasteiger partial charge is 0.429 e. The number of rotatable bonds is 10. The molecular formula is C68H78F3Ir3N15O6-4. The molecule has 12 rings (SSSR count). The number of aromatic carboxylic acids is 1. The van der Waals surface area contributed by atoms with Gasteiger partial charge in [-0.05, 0) is 116 Å². The monoisotopic (exact) mass is 1840 g/mol. The first kappa shape index (κ1) is 80.2. The minimum atomic E-state index is -4.57. The number of piperazine rings is 1. The topological polar surface area (TPSA) is 252 Å². The van der Waals surface area contributed by atoms with Crippen molar-refractivity contribution in [2.45, 2.75) is 80.2 Å². The number of aromatic nitrogens is 11. The number of ether oxygens (including phenoxy) is 2. The van der Waals surface area contributed by atoms with Gasteiger partial charge in [0.15, 0.2) is 0 Å². The van der Waals surface area contributed by atoms with Crippen LogP contribution >= 0.6 is 0 Å². The summed E-state index contributed by atoms with van der Waals surface area (Å²) in [6.45, 7) is 26.4. The fourth-order valence-corrected chi connectivity index (χ4v) is 9.60. The Hall–Kier alpha value is -7.25. The number of likely N-dealkylation sites (N-methyl/N-ethyl adjacent to an activating group) is 1. The predicted octanol–water partition coefficient (Wildman–Crippen LogP) is 9.53. The third-order valence-corrected chi connectivity index (χ3v) is 14.1. The molecule has 9 heterocycles. The number of alkyl halides is 3. The fourth-order valence-electron chi connectivity index (χ4n) is 9.60. The zero-order valence-electron chi connectivity index (χ0n) is 54.3. The Bertz CT molecular complexity index is 3620. The largest absolute Gasteiger partial charge is 0.477 e. The molecule has 6 aromatic heterocycles. The molecule has 3 fully saturated rings. The maximum Gasteiger partial charge on any atom is 0.429 e. The van der Waals surface area contributed by atoms with Crippen LogP contribution in [-0.4, -0.2) is 174 Å². The number of aliphatic hydroxyl groups excluding tert-OH is 2. The van der Waals surface area contributed by atoms with Gasteiger partial charge < -0.3 is 69.4 Å². The molecule has 3 aromatic carbocycles. The molecule has 0 aliphatic carbocycles. The van der Waals surface area contributed by atoms with Gasteiger partial charge >= 0.3 is 12.1 Å². The number of carbonyl (C=O) groups is 1. The maximum atomic E-state index is 12.1. The van der Waals surface area contributed by atoms with Gasteiger partial charge in [-0.1, -0.05) is 12.1 Å². The van der Waals surface area contributed by atoms with E-state index in [1.54, 1.807) is 50.5 Å². The van der Waals surface area contributed by atoms with Gasteiger partial charge in [-0.3, -0.25) is 25.0 Å². The van der Waals surface area contributed by atoms with E-state index in [1.807, 2.05) is 65.9 Å². The van der Waals surface area contributed by atoms with Crippen LogP contribution in [0.4, 0.5) is 30.2 Å². The van der Waals surface area contributed by atoms with Crippen LogP contribution in [0.3, 0.4) is 0 Å². The maximum absolute atomic E-state index is 12.1. The number of hydrogen-bond donors (Lipinski definition) is 3. The molecule has 0 bridgehead atoms. The quantitative estimate of drug-likeness (QED) is 0.108. The number of nitrogens with zero attached hydrogens (tertiary/aromatic N) is 15. The van der Waals surface area contributed by atoms with Crippen LogP contribution in [0.15, 0.2) is 122 Å². The van der Waals surface area contributed by atoms with Crippen LogP contribution in [0.25, 0.3) is 45.3 Å². The van der Waals surface area contributed by atoms with Crippen LogP contribution in [-0.2, 0) is 76.0 Å². The number of pyridine rings is 2. The van der Waals surface area contributed by atoms with E-state index in [2.05, 4.69) is 136 Å². The van der Waals surface area contributed by atoms with Crippen LogP contribution in [0.5, 0.6) is 0 Å². The number of aryl methyl sites for hydroxylation is 6. The third-order valence-electron chi connectivity index (χ3n) is 14.1. The van der Waals surface area contributed by atoms with Crippen LogP contribution < -0.4 is 19.8 Å². The van der Waals surface area contributed by atoms with E-state index >= 15 is 0 Å². The minimum absolute atomic E-state index is 0. The Kier molecular flexibility index (Phi) is 34.0. The number of halogens is 3. The van der Waals surface area contributed by atoms with E-state index in [0.29, 0.717) is 6.42 Å². The van der Waals surface area contributed by atoms with E-state index < -0.39 is 18.0 Å². The molecule has 9 aromatic rings. The second-order valence-electron chi connectivity index (χ2n) is 21.8. The van der Waals surface area contributed by atoms with Gasteiger partial charge in [-0.2, -0.15) is 13.2 Å². The number of hydrogen-bond acceptors (Lipinski definition) is 19. The number of morpholine rings is 2. The molecule has 0 amide bonds. The minimum Gasteiger partial charge on any atom is -0.477 e. The van der Waals surface area contributed by atoms with Gasteiger partial charge in [0.1, 0.15) is 11.5 Å². The number of anilines is 3. The average Bonchev–Trinajstić information content (AvgIpc) is 1.42. The Balaban J connectivity index is 0.000000249. The summed E-state index contributed by atoms with van der Waals surface area (Å²) in [5.41, 5.74) is 15.4. The molecule has 513 valence electrons. The molecule has 27 heteroatoms. The summed E-state index contributed by atoms with van der Waals surface area (Å²) in [5, 5.41) is 31.7. The second kappa shape index (κ2) is 40.3. The number of carboxylic acids is 1. The summed E-state index contributed by atoms with van der Waals surface area (Å²) in [6.07, 6.45) is 3.47. The van der Waals surface area contributed by atoms with Crippen molar-refractivity contribution < 1.29 is 103 Å². The van der Waals surface area contributed by atoms with Crippen LogP contribution in [0.2, 0.25) is 0 Å². The first-order valence-corrected chi connectivity index (χ1v) is 30.0. The summed E-state index contributed by atoms with van der Waals surface area (Å²) in [7, 11) is 2.17. The van der Waals surface area contributed by atoms with Crippen molar-refractivity contribution in [3.05, 3.63) is 186 Å². The first-order chi connectivity index (χ1) is 44.1. The molecule has 2 unspecified atom stereocenters. The van der Waals surface area contributed by atoms with Gasteiger partial charge in [-0.15, -0.1) is 89.5 Å². The Morgan fingerprint density at radius 2 is 0.947 bits per heavy atom. The van der Waals surface area contributed by atoms with Crippen LogP contribution in [0.1, 0.15) is 70.7 Å². The van der Waals surface area contributed by atoms with Crippen molar-refractivity contribution in [1.29, 1.82) is 0 Å². The van der Waals surface area contributed by atoms with Crippen LogP contribution in [0, 0.1) is 59.7 Å². The van der Waals surface area contributed by atoms with Crippen molar-refractivity contribution in [1.82, 2.24) is 60.0 Å². The molecule has 3 aliphatic heterocycles. The van der Waals surface area contributed by atoms with E-state index in [1.165, 1.54) is 41.6 Å². The number of carboxylic acid groups (broad SMARTS) is 1. The predicted molar refractivity (Wildman–Crippen MR) is 346 cm³/mol. The molecule has 0 spiro atoms. The Morgan fingerprint density at radius 1 is 0.558 bits per heavy atom. The van der Waals surface area contributed by atoms with E-state index in [9.17, 15) is 18.0 Å². The van der Waals surface area contributed by atoms with E-state index in [4.69, 9.17) is 24.8 Å². The Morgan fingerprint density at radius 3 is 1.25 bits per heavy atom.